The van der Waals surface area contributed by atoms with Crippen molar-refractivity contribution in [2.24, 2.45) is 17.6 Å². The first kappa shape index (κ1) is 12.0. The molecule has 0 aromatic rings. The smallest absolute Gasteiger partial charge is 0.107 e. The van der Waals surface area contributed by atoms with Crippen molar-refractivity contribution in [1.82, 2.24) is 0 Å². The molecule has 0 fully saturated rings. The summed E-state index contributed by atoms with van der Waals surface area (Å²) in [6.45, 7) is 9.03. The summed E-state index contributed by atoms with van der Waals surface area (Å²) in [5, 5.41) is 0. The zero-order chi connectivity index (χ0) is 9.72. The van der Waals surface area contributed by atoms with E-state index in [1.807, 2.05) is 0 Å². The zero-order valence-corrected chi connectivity index (χ0v) is 9.30. The van der Waals surface area contributed by atoms with Crippen LogP contribution in [0.3, 0.4) is 0 Å². The Hall–Kier alpha value is 0.0249. The molecule has 0 saturated heterocycles. The fraction of sp³-hybridized carbons (Fsp3) is 1.00. The van der Waals surface area contributed by atoms with Gasteiger partial charge in [-0.3, -0.25) is 0 Å². The molecule has 0 bridgehead atoms. The third-order valence-electron chi connectivity index (χ3n) is 3.11. The van der Waals surface area contributed by atoms with E-state index in [1.54, 1.807) is 0 Å². The third kappa shape index (κ3) is 3.18. The van der Waals surface area contributed by atoms with Crippen molar-refractivity contribution in [3.8, 4) is 0 Å². The summed E-state index contributed by atoms with van der Waals surface area (Å²) in [5.41, 5.74) is 6.15. The first-order valence-corrected chi connectivity index (χ1v) is 5.30. The van der Waals surface area contributed by atoms with Crippen molar-refractivity contribution >= 4 is 7.85 Å². The number of hydrogen-bond donors (Lipinski definition) is 1. The summed E-state index contributed by atoms with van der Waals surface area (Å²) < 4.78 is 0. The molecule has 4 unspecified atom stereocenters. The highest BCUT2D eigenvalue weighted by molar-refractivity contribution is 6.11. The predicted molar refractivity (Wildman–Crippen MR) is 59.2 cm³/mol. The molecule has 2 N–H and O–H groups in total. The topological polar surface area (TPSA) is 26.0 Å². The molecule has 2 heteroatoms. The summed E-state index contributed by atoms with van der Waals surface area (Å²) in [4.78, 5) is 0. The Balaban J connectivity index is 4.13. The van der Waals surface area contributed by atoms with E-state index >= 15 is 0 Å². The Morgan fingerprint density at radius 2 is 1.67 bits per heavy atom. The van der Waals surface area contributed by atoms with Crippen LogP contribution < -0.4 is 5.73 Å². The molecule has 0 amide bonds. The van der Waals surface area contributed by atoms with Crippen molar-refractivity contribution < 1.29 is 0 Å². The first-order valence-electron chi connectivity index (χ1n) is 5.30. The van der Waals surface area contributed by atoms with E-state index in [1.165, 1.54) is 12.8 Å². The van der Waals surface area contributed by atoms with E-state index in [9.17, 15) is 0 Å². The summed E-state index contributed by atoms with van der Waals surface area (Å²) in [6.07, 6.45) is 2.47. The van der Waals surface area contributed by atoms with E-state index in [2.05, 4.69) is 35.5 Å². The van der Waals surface area contributed by atoms with Crippen molar-refractivity contribution in [2.75, 3.05) is 0 Å². The molecule has 4 atom stereocenters. The van der Waals surface area contributed by atoms with Crippen LogP contribution in [0, 0.1) is 11.8 Å². The van der Waals surface area contributed by atoms with Gasteiger partial charge in [-0.25, -0.2) is 0 Å². The van der Waals surface area contributed by atoms with Gasteiger partial charge in [0.15, 0.2) is 0 Å². The highest BCUT2D eigenvalue weighted by Gasteiger charge is 2.23. The molecular formula is C10H24BN. The molecule has 0 saturated carbocycles. The Morgan fingerprint density at radius 1 is 1.17 bits per heavy atom. The van der Waals surface area contributed by atoms with Gasteiger partial charge >= 0.3 is 0 Å². The molecule has 0 heterocycles. The first-order chi connectivity index (χ1) is 5.54. The van der Waals surface area contributed by atoms with Crippen LogP contribution in [0.15, 0.2) is 0 Å². The van der Waals surface area contributed by atoms with Crippen LogP contribution in [0.4, 0.5) is 0 Å². The second-order valence-electron chi connectivity index (χ2n) is 4.28. The summed E-state index contributed by atoms with van der Waals surface area (Å²) >= 11 is 0. The average molecular weight is 169 g/mol. The fourth-order valence-corrected chi connectivity index (χ4v) is 1.85. The molecule has 0 aromatic heterocycles. The lowest BCUT2D eigenvalue weighted by atomic mass is 9.72. The second-order valence-corrected chi connectivity index (χ2v) is 4.28. The molecule has 0 rings (SSSR count). The van der Waals surface area contributed by atoms with Crippen molar-refractivity contribution in [3.05, 3.63) is 0 Å². The summed E-state index contributed by atoms with van der Waals surface area (Å²) in [5.74, 6) is 2.09. The van der Waals surface area contributed by atoms with Crippen LogP contribution in [0.25, 0.3) is 0 Å². The van der Waals surface area contributed by atoms with Gasteiger partial charge in [-0.15, -0.1) is 0 Å². The van der Waals surface area contributed by atoms with Crippen LogP contribution in [0.5, 0.6) is 0 Å². The maximum absolute atomic E-state index is 6.15. The Labute approximate surface area is 78.5 Å². The molecule has 0 aliphatic carbocycles. The third-order valence-corrected chi connectivity index (χ3v) is 3.11. The van der Waals surface area contributed by atoms with E-state index in [0.717, 1.165) is 5.92 Å². The lowest BCUT2D eigenvalue weighted by molar-refractivity contribution is 0.278. The number of nitrogens with two attached hydrogens (primary N) is 1. The van der Waals surface area contributed by atoms with Crippen molar-refractivity contribution in [2.45, 2.75) is 52.4 Å². The molecule has 0 aliphatic rings. The fourth-order valence-electron chi connectivity index (χ4n) is 1.85. The van der Waals surface area contributed by atoms with E-state index in [-0.39, 0.29) is 0 Å². The minimum Gasteiger partial charge on any atom is -0.328 e. The second kappa shape index (κ2) is 5.63. The van der Waals surface area contributed by atoms with Crippen LogP contribution in [0.1, 0.15) is 40.5 Å². The highest BCUT2D eigenvalue weighted by Crippen LogP contribution is 2.25. The minimum absolute atomic E-state index is 0.380. The van der Waals surface area contributed by atoms with Crippen LogP contribution in [0.2, 0.25) is 5.82 Å². The minimum atomic E-state index is 0.380. The van der Waals surface area contributed by atoms with E-state index < -0.39 is 0 Å². The Morgan fingerprint density at radius 3 is 1.92 bits per heavy atom. The molecule has 0 aliphatic heterocycles. The predicted octanol–water partition coefficient (Wildman–Crippen LogP) is 1.83. The van der Waals surface area contributed by atoms with Crippen LogP contribution in [-0.4, -0.2) is 13.9 Å². The van der Waals surface area contributed by atoms with E-state index in [0.29, 0.717) is 17.8 Å². The van der Waals surface area contributed by atoms with Gasteiger partial charge < -0.3 is 5.73 Å². The van der Waals surface area contributed by atoms with Gasteiger partial charge in [-0.2, -0.15) is 0 Å². The molecule has 12 heavy (non-hydrogen) atoms. The lowest BCUT2D eigenvalue weighted by Gasteiger charge is -2.30. The maximum Gasteiger partial charge on any atom is 0.107 e. The normalized spacial score (nSPS) is 21.4. The van der Waals surface area contributed by atoms with Crippen molar-refractivity contribution in [3.63, 3.8) is 0 Å². The van der Waals surface area contributed by atoms with Crippen molar-refractivity contribution in [1.29, 1.82) is 0 Å². The van der Waals surface area contributed by atoms with Gasteiger partial charge in [0.25, 0.3) is 0 Å². The monoisotopic (exact) mass is 169 g/mol. The van der Waals surface area contributed by atoms with Gasteiger partial charge in [0.1, 0.15) is 7.85 Å². The zero-order valence-electron chi connectivity index (χ0n) is 9.30. The van der Waals surface area contributed by atoms with Gasteiger partial charge in [-0.1, -0.05) is 46.4 Å². The van der Waals surface area contributed by atoms with Gasteiger partial charge in [0.2, 0.25) is 0 Å². The lowest BCUT2D eigenvalue weighted by Crippen LogP contribution is -2.36. The molecular weight excluding hydrogens is 145 g/mol. The van der Waals surface area contributed by atoms with Crippen LogP contribution in [-0.2, 0) is 0 Å². The van der Waals surface area contributed by atoms with Gasteiger partial charge in [0, 0.05) is 6.04 Å². The number of rotatable bonds is 5. The molecule has 72 valence electrons. The van der Waals surface area contributed by atoms with Gasteiger partial charge in [-0.05, 0) is 11.8 Å². The van der Waals surface area contributed by atoms with Gasteiger partial charge in [0.05, 0.1) is 0 Å². The highest BCUT2D eigenvalue weighted by atomic mass is 14.7. The largest absolute Gasteiger partial charge is 0.328 e. The SMILES string of the molecule is BC(C)C(N)C(CC)C(C)CC. The Bertz CT molecular complexity index is 114. The summed E-state index contributed by atoms with van der Waals surface area (Å²) in [7, 11) is 2.22. The number of hydrogen-bond acceptors (Lipinski definition) is 1. The average Bonchev–Trinajstić information content (AvgIpc) is 2.05. The standard InChI is InChI=1S/C10H24BN/c1-5-7(3)9(6-2)10(12)8(4)11/h7-10H,5-6,11-12H2,1-4H3. The Kier molecular flexibility index (Phi) is 5.64. The summed E-state index contributed by atoms with van der Waals surface area (Å²) in [6, 6.07) is 0.380. The quantitative estimate of drug-likeness (QED) is 0.624. The van der Waals surface area contributed by atoms with Crippen LogP contribution >= 0.6 is 0 Å². The molecule has 0 spiro atoms. The van der Waals surface area contributed by atoms with E-state index in [4.69, 9.17) is 5.73 Å². The maximum atomic E-state index is 6.15. The molecule has 0 aromatic carbocycles. The molecule has 1 nitrogen and oxygen atoms in total. The molecule has 0 radical (unpaired) electrons.